The third kappa shape index (κ3) is 3.11. The fourth-order valence-corrected chi connectivity index (χ4v) is 3.75. The van der Waals surface area contributed by atoms with Gasteiger partial charge < -0.3 is 4.74 Å². The Morgan fingerprint density at radius 1 is 1.50 bits per heavy atom. The Morgan fingerprint density at radius 3 is 3.25 bits per heavy atom. The molecule has 0 aromatic carbocycles. The second-order valence-corrected chi connectivity index (χ2v) is 6.28. The van der Waals surface area contributed by atoms with Crippen LogP contribution in [0.1, 0.15) is 25.6 Å². The first kappa shape index (κ1) is 14.2. The predicted octanol–water partition coefficient (Wildman–Crippen LogP) is 3.35. The summed E-state index contributed by atoms with van der Waals surface area (Å²) in [6.07, 6.45) is 2.66. The molecule has 108 valence electrons. The second kappa shape index (κ2) is 6.35. The molecule has 0 N–H and O–H groups in total. The highest BCUT2D eigenvalue weighted by Crippen LogP contribution is 2.25. The Balaban J connectivity index is 1.72. The zero-order valence-electron chi connectivity index (χ0n) is 11.5. The van der Waals surface area contributed by atoms with Crippen LogP contribution in [0.15, 0.2) is 11.4 Å². The van der Waals surface area contributed by atoms with E-state index < -0.39 is 0 Å². The number of nitrogens with zero attached hydrogens (tertiary/aromatic N) is 3. The average Bonchev–Trinajstić information content (AvgIpc) is 2.88. The van der Waals surface area contributed by atoms with Crippen LogP contribution in [0.5, 0.6) is 0 Å². The summed E-state index contributed by atoms with van der Waals surface area (Å²) in [6, 6.07) is 1.97. The number of rotatable bonds is 4. The second-order valence-electron chi connectivity index (χ2n) is 5.02. The highest BCUT2D eigenvalue weighted by Gasteiger charge is 2.21. The molecule has 4 nitrogen and oxygen atoms in total. The predicted molar refractivity (Wildman–Crippen MR) is 82.4 cm³/mol. The Bertz CT molecular complexity index is 587. The Hall–Kier alpha value is -0.750. The lowest BCUT2D eigenvalue weighted by atomic mass is 10.1. The van der Waals surface area contributed by atoms with E-state index in [2.05, 4.69) is 14.9 Å². The van der Waals surface area contributed by atoms with Gasteiger partial charge in [-0.05, 0) is 37.8 Å². The van der Waals surface area contributed by atoms with Crippen LogP contribution in [0.3, 0.4) is 0 Å². The molecule has 0 radical (unpaired) electrons. The van der Waals surface area contributed by atoms with Crippen molar-refractivity contribution in [2.45, 2.75) is 32.4 Å². The number of fused-ring (bicyclic) bond motifs is 1. The van der Waals surface area contributed by atoms with Gasteiger partial charge in [0.1, 0.15) is 15.8 Å². The number of piperidine rings is 1. The first-order chi connectivity index (χ1) is 9.76. The van der Waals surface area contributed by atoms with Gasteiger partial charge in [-0.2, -0.15) is 0 Å². The van der Waals surface area contributed by atoms with Crippen molar-refractivity contribution < 1.29 is 4.74 Å². The SMILES string of the molecule is CCOC1CCCN(Cc2nc(Cl)c3ccsc3n2)C1. The Kier molecular flexibility index (Phi) is 4.51. The Labute approximate surface area is 127 Å². The van der Waals surface area contributed by atoms with Gasteiger partial charge in [0.15, 0.2) is 0 Å². The standard InChI is InChI=1S/C14H18ClN3OS/c1-2-19-10-4-3-6-18(8-10)9-12-16-13(15)11-5-7-20-14(11)17-12/h5,7,10H,2-4,6,8-9H2,1H3. The smallest absolute Gasteiger partial charge is 0.145 e. The lowest BCUT2D eigenvalue weighted by Gasteiger charge is -2.31. The van der Waals surface area contributed by atoms with Gasteiger partial charge in [-0.15, -0.1) is 11.3 Å². The van der Waals surface area contributed by atoms with Crippen LogP contribution in [0.25, 0.3) is 10.2 Å². The van der Waals surface area contributed by atoms with Crippen molar-refractivity contribution in [1.82, 2.24) is 14.9 Å². The van der Waals surface area contributed by atoms with Crippen molar-refractivity contribution in [2.24, 2.45) is 0 Å². The number of likely N-dealkylation sites (tertiary alicyclic amines) is 1. The minimum atomic E-state index is 0.342. The maximum atomic E-state index is 6.21. The van der Waals surface area contributed by atoms with Crippen LogP contribution < -0.4 is 0 Å². The molecule has 2 aromatic heterocycles. The fourth-order valence-electron chi connectivity index (χ4n) is 2.66. The van der Waals surface area contributed by atoms with Crippen LogP contribution in [-0.2, 0) is 11.3 Å². The van der Waals surface area contributed by atoms with Crippen LogP contribution in [0.4, 0.5) is 0 Å². The zero-order valence-corrected chi connectivity index (χ0v) is 13.1. The van der Waals surface area contributed by atoms with E-state index in [4.69, 9.17) is 16.3 Å². The number of thiophene rings is 1. The van der Waals surface area contributed by atoms with Gasteiger partial charge in [-0.1, -0.05) is 11.6 Å². The van der Waals surface area contributed by atoms with Crippen molar-refractivity contribution in [3.63, 3.8) is 0 Å². The lowest BCUT2D eigenvalue weighted by molar-refractivity contribution is 0.00300. The van der Waals surface area contributed by atoms with E-state index in [1.54, 1.807) is 11.3 Å². The molecule has 0 amide bonds. The molecule has 0 bridgehead atoms. The molecule has 2 aromatic rings. The van der Waals surface area contributed by atoms with Crippen molar-refractivity contribution in [3.8, 4) is 0 Å². The molecule has 20 heavy (non-hydrogen) atoms. The van der Waals surface area contributed by atoms with E-state index >= 15 is 0 Å². The average molecular weight is 312 g/mol. The summed E-state index contributed by atoms with van der Waals surface area (Å²) >= 11 is 7.82. The molecule has 1 aliphatic rings. The van der Waals surface area contributed by atoms with E-state index in [0.29, 0.717) is 11.3 Å². The maximum absolute atomic E-state index is 6.21. The summed E-state index contributed by atoms with van der Waals surface area (Å²) in [5.74, 6) is 0.807. The number of hydrogen-bond donors (Lipinski definition) is 0. The molecule has 0 saturated carbocycles. The number of aromatic nitrogens is 2. The monoisotopic (exact) mass is 311 g/mol. The minimum Gasteiger partial charge on any atom is -0.377 e. The van der Waals surface area contributed by atoms with Gasteiger partial charge in [0.2, 0.25) is 0 Å². The fraction of sp³-hybridized carbons (Fsp3) is 0.571. The summed E-state index contributed by atoms with van der Waals surface area (Å²) in [5, 5.41) is 3.51. The first-order valence-electron chi connectivity index (χ1n) is 7.00. The summed E-state index contributed by atoms with van der Waals surface area (Å²) in [6.45, 7) is 5.61. The van der Waals surface area contributed by atoms with Gasteiger partial charge in [0.25, 0.3) is 0 Å². The van der Waals surface area contributed by atoms with E-state index in [1.807, 2.05) is 18.4 Å². The van der Waals surface area contributed by atoms with Crippen molar-refractivity contribution >= 4 is 33.2 Å². The third-order valence-corrected chi connectivity index (χ3v) is 4.65. The van der Waals surface area contributed by atoms with Crippen molar-refractivity contribution in [3.05, 3.63) is 22.4 Å². The maximum Gasteiger partial charge on any atom is 0.145 e. The number of ether oxygens (including phenoxy) is 1. The summed E-state index contributed by atoms with van der Waals surface area (Å²) in [4.78, 5) is 12.3. The molecule has 3 rings (SSSR count). The molecule has 0 aliphatic carbocycles. The third-order valence-electron chi connectivity index (χ3n) is 3.55. The first-order valence-corrected chi connectivity index (χ1v) is 8.25. The molecule has 0 spiro atoms. The zero-order chi connectivity index (χ0) is 13.9. The molecule has 1 saturated heterocycles. The van der Waals surface area contributed by atoms with E-state index in [-0.39, 0.29) is 0 Å². The van der Waals surface area contributed by atoms with E-state index in [1.165, 1.54) is 6.42 Å². The van der Waals surface area contributed by atoms with Crippen LogP contribution >= 0.6 is 22.9 Å². The molecule has 1 aliphatic heterocycles. The van der Waals surface area contributed by atoms with E-state index in [0.717, 1.165) is 48.7 Å². The normalized spacial score (nSPS) is 20.6. The molecule has 1 atom stereocenters. The minimum absolute atomic E-state index is 0.342. The van der Waals surface area contributed by atoms with Gasteiger partial charge >= 0.3 is 0 Å². The van der Waals surface area contributed by atoms with Crippen molar-refractivity contribution in [2.75, 3.05) is 19.7 Å². The topological polar surface area (TPSA) is 38.2 Å². The van der Waals surface area contributed by atoms with Crippen LogP contribution in [0.2, 0.25) is 5.15 Å². The highest BCUT2D eigenvalue weighted by molar-refractivity contribution is 7.16. The highest BCUT2D eigenvalue weighted by atomic mass is 35.5. The van der Waals surface area contributed by atoms with Gasteiger partial charge in [0, 0.05) is 18.5 Å². The van der Waals surface area contributed by atoms with E-state index in [9.17, 15) is 0 Å². The number of halogens is 1. The molecule has 1 unspecified atom stereocenters. The number of hydrogen-bond acceptors (Lipinski definition) is 5. The largest absolute Gasteiger partial charge is 0.377 e. The van der Waals surface area contributed by atoms with Crippen LogP contribution in [0, 0.1) is 0 Å². The summed E-state index contributed by atoms with van der Waals surface area (Å²) < 4.78 is 5.73. The van der Waals surface area contributed by atoms with Crippen LogP contribution in [-0.4, -0.2) is 40.7 Å². The van der Waals surface area contributed by atoms with Gasteiger partial charge in [0.05, 0.1) is 12.6 Å². The molecule has 1 fully saturated rings. The summed E-state index contributed by atoms with van der Waals surface area (Å²) in [7, 11) is 0. The Morgan fingerprint density at radius 2 is 2.40 bits per heavy atom. The lowest BCUT2D eigenvalue weighted by Crippen LogP contribution is -2.39. The molecular formula is C14H18ClN3OS. The van der Waals surface area contributed by atoms with Gasteiger partial charge in [-0.25, -0.2) is 9.97 Å². The molecule has 6 heteroatoms. The van der Waals surface area contributed by atoms with Gasteiger partial charge in [-0.3, -0.25) is 4.90 Å². The summed E-state index contributed by atoms with van der Waals surface area (Å²) in [5.41, 5.74) is 0. The molecular weight excluding hydrogens is 294 g/mol. The van der Waals surface area contributed by atoms with Crippen molar-refractivity contribution in [1.29, 1.82) is 0 Å². The molecule has 3 heterocycles. The quantitative estimate of drug-likeness (QED) is 0.812.